The van der Waals surface area contributed by atoms with Crippen molar-refractivity contribution < 1.29 is 4.39 Å². The van der Waals surface area contributed by atoms with Crippen molar-refractivity contribution in [2.45, 2.75) is 13.8 Å². The van der Waals surface area contributed by atoms with Crippen molar-refractivity contribution in [1.29, 1.82) is 5.41 Å². The number of allylic oxidation sites excluding steroid dienone is 2. The molecule has 0 aliphatic heterocycles. The Morgan fingerprint density at radius 3 is 1.88 bits per heavy atom. The summed E-state index contributed by atoms with van der Waals surface area (Å²) in [4.78, 5) is 0. The van der Waals surface area contributed by atoms with Crippen LogP contribution in [0.15, 0.2) is 11.3 Å². The van der Waals surface area contributed by atoms with Crippen molar-refractivity contribution in [3.63, 3.8) is 0 Å². The lowest BCUT2D eigenvalue weighted by Gasteiger charge is -1.93. The molecule has 0 aromatic carbocycles. The molecule has 8 heavy (non-hydrogen) atoms. The van der Waals surface area contributed by atoms with E-state index in [2.05, 4.69) is 0 Å². The predicted octanol–water partition coefficient (Wildman–Crippen LogP) is 1.19. The van der Waals surface area contributed by atoms with Gasteiger partial charge in [-0.15, -0.1) is 0 Å². The summed E-state index contributed by atoms with van der Waals surface area (Å²) in [5, 5.41) is 6.43. The van der Waals surface area contributed by atoms with Crippen molar-refractivity contribution >= 4 is 5.97 Å². The number of nitrogens with two attached hydrogens (primary N) is 1. The molecule has 2 nitrogen and oxygen atoms in total. The molecule has 0 heterocycles. The molecule has 0 fully saturated rings. The zero-order valence-corrected chi connectivity index (χ0v) is 4.96. The van der Waals surface area contributed by atoms with E-state index in [1.807, 2.05) is 0 Å². The molecule has 0 aliphatic rings. The molecule has 0 radical (unpaired) electrons. The average Bonchev–Trinajstić information content (AvgIpc) is 1.64. The van der Waals surface area contributed by atoms with Crippen LogP contribution in [0.4, 0.5) is 4.39 Å². The zero-order chi connectivity index (χ0) is 6.73. The van der Waals surface area contributed by atoms with Crippen molar-refractivity contribution in [2.75, 3.05) is 0 Å². The van der Waals surface area contributed by atoms with Crippen LogP contribution >= 0.6 is 0 Å². The van der Waals surface area contributed by atoms with E-state index in [1.54, 1.807) is 6.92 Å². The van der Waals surface area contributed by atoms with Gasteiger partial charge >= 0.3 is 0 Å². The Morgan fingerprint density at radius 2 is 1.88 bits per heavy atom. The second kappa shape index (κ2) is 2.45. The molecule has 0 aromatic heterocycles. The average molecular weight is 116 g/mol. The smallest absolute Gasteiger partial charge is 0.210 e. The first-order valence-electron chi connectivity index (χ1n) is 2.23. The van der Waals surface area contributed by atoms with Gasteiger partial charge in [-0.3, -0.25) is 5.41 Å². The molecule has 46 valence electrons. The minimum absolute atomic E-state index is 0.213. The molecule has 0 saturated carbocycles. The Kier molecular flexibility index (Phi) is 2.19. The molecule has 0 amide bonds. The van der Waals surface area contributed by atoms with Crippen LogP contribution in [0.25, 0.3) is 0 Å². The number of hydrogen-bond acceptors (Lipinski definition) is 2. The normalized spacial score (nSPS) is 12.9. The van der Waals surface area contributed by atoms with E-state index >= 15 is 0 Å². The topological polar surface area (TPSA) is 49.9 Å². The minimum atomic E-state index is -0.954. The fraction of sp³-hybridized carbons (Fsp3) is 0.400. The zero-order valence-electron chi connectivity index (χ0n) is 4.96. The van der Waals surface area contributed by atoms with E-state index in [-0.39, 0.29) is 5.57 Å². The summed E-state index contributed by atoms with van der Waals surface area (Å²) in [6.07, 6.45) is 0. The van der Waals surface area contributed by atoms with Gasteiger partial charge in [0.2, 0.25) is 5.97 Å². The van der Waals surface area contributed by atoms with E-state index in [1.165, 1.54) is 6.92 Å². The highest BCUT2D eigenvalue weighted by molar-refractivity contribution is 5.89. The van der Waals surface area contributed by atoms with Crippen molar-refractivity contribution in [1.82, 2.24) is 0 Å². The number of halogens is 1. The molecule has 0 aliphatic carbocycles. The molecule has 0 unspecified atom stereocenters. The van der Waals surface area contributed by atoms with Crippen molar-refractivity contribution in [3.05, 3.63) is 11.3 Å². The van der Waals surface area contributed by atoms with Gasteiger partial charge in [0.25, 0.3) is 0 Å². The van der Waals surface area contributed by atoms with Crippen LogP contribution in [0.3, 0.4) is 0 Å². The summed E-state index contributed by atoms with van der Waals surface area (Å²) in [6, 6.07) is 0. The number of hydrogen-bond donors (Lipinski definition) is 2. The largest absolute Gasteiger partial charge is 0.402 e. The lowest BCUT2D eigenvalue weighted by atomic mass is 10.2. The molecule has 0 bridgehead atoms. The van der Waals surface area contributed by atoms with E-state index < -0.39 is 5.97 Å². The monoisotopic (exact) mass is 116 g/mol. The van der Waals surface area contributed by atoms with E-state index in [9.17, 15) is 4.39 Å². The molecule has 0 saturated heterocycles. The summed E-state index contributed by atoms with van der Waals surface area (Å²) in [7, 11) is 0. The second-order valence-electron chi connectivity index (χ2n) is 1.62. The maximum absolute atomic E-state index is 11.8. The van der Waals surface area contributed by atoms with Gasteiger partial charge in [0, 0.05) is 11.3 Å². The molecule has 0 rings (SSSR count). The first-order valence-corrected chi connectivity index (χ1v) is 2.23. The fourth-order valence-electron chi connectivity index (χ4n) is 0.173. The van der Waals surface area contributed by atoms with Crippen LogP contribution in [-0.2, 0) is 0 Å². The predicted molar refractivity (Wildman–Crippen MR) is 31.4 cm³/mol. The van der Waals surface area contributed by atoms with Crippen molar-refractivity contribution in [2.24, 2.45) is 5.73 Å². The standard InChI is InChI=1S/C5H9FN2/c1-3(4(2)7)5(6)8/h8H,7H2,1-2H3/b4-3-,8-5?. The number of nitrogens with one attached hydrogen (secondary N) is 1. The van der Waals surface area contributed by atoms with E-state index in [0.717, 1.165) is 0 Å². The van der Waals surface area contributed by atoms with E-state index in [0.29, 0.717) is 5.70 Å². The van der Waals surface area contributed by atoms with Crippen LogP contribution in [-0.4, -0.2) is 5.97 Å². The van der Waals surface area contributed by atoms with Crippen LogP contribution in [0.2, 0.25) is 0 Å². The molecule has 3 N–H and O–H groups in total. The Labute approximate surface area is 47.7 Å². The Morgan fingerprint density at radius 1 is 1.50 bits per heavy atom. The molecular formula is C5H9FN2. The van der Waals surface area contributed by atoms with Gasteiger partial charge in [0.15, 0.2) is 0 Å². The van der Waals surface area contributed by atoms with Gasteiger partial charge in [-0.1, -0.05) is 0 Å². The van der Waals surface area contributed by atoms with Gasteiger partial charge in [-0.2, -0.15) is 4.39 Å². The third-order valence-corrected chi connectivity index (χ3v) is 0.921. The van der Waals surface area contributed by atoms with Gasteiger partial charge in [0.05, 0.1) is 0 Å². The van der Waals surface area contributed by atoms with Gasteiger partial charge in [-0.05, 0) is 13.8 Å². The van der Waals surface area contributed by atoms with Crippen LogP contribution in [0.5, 0.6) is 0 Å². The summed E-state index contributed by atoms with van der Waals surface area (Å²) < 4.78 is 11.8. The Bertz CT molecular complexity index is 133. The quantitative estimate of drug-likeness (QED) is 0.496. The third-order valence-electron chi connectivity index (χ3n) is 0.921. The van der Waals surface area contributed by atoms with Crippen LogP contribution in [0, 0.1) is 5.41 Å². The molecule has 3 heteroatoms. The van der Waals surface area contributed by atoms with Crippen LogP contribution in [0.1, 0.15) is 13.8 Å². The van der Waals surface area contributed by atoms with E-state index in [4.69, 9.17) is 11.1 Å². The van der Waals surface area contributed by atoms with Gasteiger partial charge in [0.1, 0.15) is 0 Å². The summed E-state index contributed by atoms with van der Waals surface area (Å²) in [5.41, 5.74) is 5.71. The lowest BCUT2D eigenvalue weighted by Crippen LogP contribution is -2.00. The summed E-state index contributed by atoms with van der Waals surface area (Å²) in [5.74, 6) is -0.954. The molecule has 0 spiro atoms. The maximum atomic E-state index is 11.8. The Hall–Kier alpha value is -0.860. The molecule has 0 atom stereocenters. The number of rotatable bonds is 1. The lowest BCUT2D eigenvalue weighted by molar-refractivity contribution is 0.791. The third kappa shape index (κ3) is 1.73. The van der Waals surface area contributed by atoms with Crippen molar-refractivity contribution in [3.8, 4) is 0 Å². The Balaban J connectivity index is 4.23. The molecule has 0 aromatic rings. The van der Waals surface area contributed by atoms with Gasteiger partial charge in [-0.25, -0.2) is 0 Å². The molecular weight excluding hydrogens is 107 g/mol. The first kappa shape index (κ1) is 7.14. The summed E-state index contributed by atoms with van der Waals surface area (Å²) >= 11 is 0. The SMILES string of the molecule is C/C(N)=C(\C)C(=N)F. The second-order valence-corrected chi connectivity index (χ2v) is 1.62. The minimum Gasteiger partial charge on any atom is -0.402 e. The first-order chi connectivity index (χ1) is 3.55. The maximum Gasteiger partial charge on any atom is 0.210 e. The highest BCUT2D eigenvalue weighted by Gasteiger charge is 1.96. The highest BCUT2D eigenvalue weighted by atomic mass is 19.1. The summed E-state index contributed by atoms with van der Waals surface area (Å²) in [6.45, 7) is 3.03. The van der Waals surface area contributed by atoms with Crippen LogP contribution < -0.4 is 5.73 Å². The highest BCUT2D eigenvalue weighted by Crippen LogP contribution is 1.98. The van der Waals surface area contributed by atoms with Gasteiger partial charge < -0.3 is 5.73 Å². The fourth-order valence-corrected chi connectivity index (χ4v) is 0.173.